The molecule has 25 heavy (non-hydrogen) atoms. The zero-order chi connectivity index (χ0) is 17.4. The highest BCUT2D eigenvalue weighted by Crippen LogP contribution is 2.36. The van der Waals surface area contributed by atoms with Crippen LogP contribution in [0, 0.1) is 5.92 Å². The maximum atomic E-state index is 12.1. The van der Waals surface area contributed by atoms with Gasteiger partial charge in [0, 0.05) is 49.4 Å². The average molecular weight is 340 g/mol. The second-order valence-corrected chi connectivity index (χ2v) is 7.07. The summed E-state index contributed by atoms with van der Waals surface area (Å²) in [6, 6.07) is 11.6. The number of ether oxygens (including phenoxy) is 2. The summed E-state index contributed by atoms with van der Waals surface area (Å²) in [5.74, 6) is 2.71. The fraction of sp³-hybridized carbons (Fsp3) is 0.450. The van der Waals surface area contributed by atoms with Gasteiger partial charge < -0.3 is 14.0 Å². The second-order valence-electron chi connectivity index (χ2n) is 7.07. The standard InChI is InChI=1S/C20H24N2O3/c1-24-17-6-7-19(25-2)16(9-17)13-21-10-14-8-15(12-21)18-4-3-5-20(23)22(18)11-14/h3-7,9,14-15H,8,10-13H2,1-2H3/t14-,15-/m0/s1. The van der Waals surface area contributed by atoms with Gasteiger partial charge in [-0.25, -0.2) is 0 Å². The van der Waals surface area contributed by atoms with Gasteiger partial charge in [0.2, 0.25) is 0 Å². The van der Waals surface area contributed by atoms with Gasteiger partial charge in [0.25, 0.3) is 5.56 Å². The van der Waals surface area contributed by atoms with E-state index in [1.165, 1.54) is 12.1 Å². The van der Waals surface area contributed by atoms with E-state index in [0.717, 1.165) is 43.2 Å². The molecule has 0 aliphatic carbocycles. The van der Waals surface area contributed by atoms with Crippen LogP contribution in [-0.4, -0.2) is 36.8 Å². The first-order valence-corrected chi connectivity index (χ1v) is 8.81. The van der Waals surface area contributed by atoms with Crippen molar-refractivity contribution in [2.75, 3.05) is 27.3 Å². The maximum Gasteiger partial charge on any atom is 0.250 e. The highest BCUT2D eigenvalue weighted by molar-refractivity contribution is 5.40. The van der Waals surface area contributed by atoms with Crippen molar-refractivity contribution in [2.24, 2.45) is 5.92 Å². The normalized spacial score (nSPS) is 22.3. The lowest BCUT2D eigenvalue weighted by Gasteiger charge is -2.42. The zero-order valence-corrected chi connectivity index (χ0v) is 14.8. The van der Waals surface area contributed by atoms with E-state index >= 15 is 0 Å². The molecule has 5 heteroatoms. The lowest BCUT2D eigenvalue weighted by atomic mass is 9.83. The number of piperidine rings is 1. The third-order valence-corrected chi connectivity index (χ3v) is 5.44. The fourth-order valence-electron chi connectivity index (χ4n) is 4.37. The lowest BCUT2D eigenvalue weighted by molar-refractivity contribution is 0.113. The first-order chi connectivity index (χ1) is 12.2. The Morgan fingerprint density at radius 2 is 1.96 bits per heavy atom. The third kappa shape index (κ3) is 3.04. The lowest BCUT2D eigenvalue weighted by Crippen LogP contribution is -2.46. The number of hydrogen-bond donors (Lipinski definition) is 0. The van der Waals surface area contributed by atoms with E-state index < -0.39 is 0 Å². The Balaban J connectivity index is 1.58. The van der Waals surface area contributed by atoms with Crippen LogP contribution in [0.5, 0.6) is 11.5 Å². The number of aromatic nitrogens is 1. The monoisotopic (exact) mass is 340 g/mol. The molecule has 2 atom stereocenters. The Bertz CT molecular complexity index is 830. The van der Waals surface area contributed by atoms with Crippen LogP contribution in [0.4, 0.5) is 0 Å². The topological polar surface area (TPSA) is 43.7 Å². The van der Waals surface area contributed by atoms with Crippen LogP contribution in [0.1, 0.15) is 23.6 Å². The van der Waals surface area contributed by atoms with Crippen molar-refractivity contribution in [3.63, 3.8) is 0 Å². The molecule has 1 fully saturated rings. The van der Waals surface area contributed by atoms with E-state index in [9.17, 15) is 4.79 Å². The smallest absolute Gasteiger partial charge is 0.250 e. The van der Waals surface area contributed by atoms with Gasteiger partial charge in [0.1, 0.15) is 11.5 Å². The molecule has 0 saturated carbocycles. The molecule has 2 aliphatic heterocycles. The summed E-state index contributed by atoms with van der Waals surface area (Å²) in [7, 11) is 3.39. The number of hydrogen-bond acceptors (Lipinski definition) is 4. The molecule has 0 amide bonds. The minimum Gasteiger partial charge on any atom is -0.497 e. The summed E-state index contributed by atoms with van der Waals surface area (Å²) in [6.45, 7) is 3.65. The van der Waals surface area contributed by atoms with Gasteiger partial charge in [0.05, 0.1) is 14.2 Å². The molecule has 5 nitrogen and oxygen atoms in total. The second kappa shape index (κ2) is 6.56. The Hall–Kier alpha value is -2.27. The molecule has 2 aliphatic rings. The van der Waals surface area contributed by atoms with E-state index in [4.69, 9.17) is 9.47 Å². The molecule has 4 rings (SSSR count). The molecule has 0 spiro atoms. The molecule has 3 heterocycles. The van der Waals surface area contributed by atoms with Crippen molar-refractivity contribution >= 4 is 0 Å². The van der Waals surface area contributed by atoms with E-state index in [0.29, 0.717) is 11.8 Å². The van der Waals surface area contributed by atoms with Gasteiger partial charge in [-0.3, -0.25) is 9.69 Å². The fourth-order valence-corrected chi connectivity index (χ4v) is 4.37. The molecule has 1 aromatic carbocycles. The minimum absolute atomic E-state index is 0.134. The average Bonchev–Trinajstić information content (AvgIpc) is 2.62. The molecule has 0 N–H and O–H groups in total. The first kappa shape index (κ1) is 16.2. The molecular weight excluding hydrogens is 316 g/mol. The first-order valence-electron chi connectivity index (χ1n) is 8.81. The van der Waals surface area contributed by atoms with Gasteiger partial charge in [-0.2, -0.15) is 0 Å². The predicted octanol–water partition coefficient (Wildman–Crippen LogP) is 2.48. The molecule has 2 bridgehead atoms. The molecule has 2 aromatic rings. The Kier molecular flexibility index (Phi) is 4.25. The number of pyridine rings is 1. The van der Waals surface area contributed by atoms with Gasteiger partial charge in [-0.1, -0.05) is 6.07 Å². The van der Waals surface area contributed by atoms with Gasteiger partial charge in [-0.05, 0) is 36.6 Å². The van der Waals surface area contributed by atoms with E-state index in [1.807, 2.05) is 22.8 Å². The SMILES string of the molecule is COc1ccc(OC)c(CN2C[C@@H]3C[C@@H](C2)c2cccc(=O)n2C3)c1. The van der Waals surface area contributed by atoms with Gasteiger partial charge >= 0.3 is 0 Å². The summed E-state index contributed by atoms with van der Waals surface area (Å²) < 4.78 is 12.9. The number of rotatable bonds is 4. The Labute approximate surface area is 147 Å². The molecular formula is C20H24N2O3. The summed E-state index contributed by atoms with van der Waals surface area (Å²) in [6.07, 6.45) is 1.18. The minimum atomic E-state index is 0.134. The van der Waals surface area contributed by atoms with Crippen LogP contribution in [0.2, 0.25) is 0 Å². The predicted molar refractivity (Wildman–Crippen MR) is 96.4 cm³/mol. The van der Waals surface area contributed by atoms with Crippen LogP contribution >= 0.6 is 0 Å². The molecule has 1 saturated heterocycles. The number of likely N-dealkylation sites (tertiary alicyclic amines) is 1. The summed E-state index contributed by atoms with van der Waals surface area (Å²) in [4.78, 5) is 14.6. The number of methoxy groups -OCH3 is 2. The van der Waals surface area contributed by atoms with E-state index in [2.05, 4.69) is 17.0 Å². The van der Waals surface area contributed by atoms with Crippen molar-refractivity contribution in [1.82, 2.24) is 9.47 Å². The van der Waals surface area contributed by atoms with Crippen LogP contribution < -0.4 is 15.0 Å². The van der Waals surface area contributed by atoms with Crippen LogP contribution in [0.25, 0.3) is 0 Å². The summed E-state index contributed by atoms with van der Waals surface area (Å²) in [5, 5.41) is 0. The zero-order valence-electron chi connectivity index (χ0n) is 14.8. The third-order valence-electron chi connectivity index (χ3n) is 5.44. The van der Waals surface area contributed by atoms with Crippen molar-refractivity contribution in [2.45, 2.75) is 25.4 Å². The number of fused-ring (bicyclic) bond motifs is 4. The highest BCUT2D eigenvalue weighted by atomic mass is 16.5. The highest BCUT2D eigenvalue weighted by Gasteiger charge is 2.34. The van der Waals surface area contributed by atoms with Crippen molar-refractivity contribution in [1.29, 1.82) is 0 Å². The van der Waals surface area contributed by atoms with Crippen molar-refractivity contribution < 1.29 is 9.47 Å². The number of nitrogens with zero attached hydrogens (tertiary/aromatic N) is 2. The van der Waals surface area contributed by atoms with Crippen LogP contribution in [0.3, 0.4) is 0 Å². The maximum absolute atomic E-state index is 12.1. The molecule has 0 radical (unpaired) electrons. The van der Waals surface area contributed by atoms with Gasteiger partial charge in [0.15, 0.2) is 0 Å². The summed E-state index contributed by atoms with van der Waals surface area (Å²) >= 11 is 0. The van der Waals surface area contributed by atoms with E-state index in [-0.39, 0.29) is 5.56 Å². The van der Waals surface area contributed by atoms with Crippen molar-refractivity contribution in [3.05, 3.63) is 58.0 Å². The summed E-state index contributed by atoms with van der Waals surface area (Å²) in [5.41, 5.74) is 2.47. The largest absolute Gasteiger partial charge is 0.497 e. The molecule has 0 unspecified atom stereocenters. The quantitative estimate of drug-likeness (QED) is 0.858. The Morgan fingerprint density at radius 1 is 1.08 bits per heavy atom. The van der Waals surface area contributed by atoms with Crippen molar-refractivity contribution in [3.8, 4) is 11.5 Å². The van der Waals surface area contributed by atoms with Crippen LogP contribution in [0.15, 0.2) is 41.2 Å². The van der Waals surface area contributed by atoms with E-state index in [1.54, 1.807) is 20.3 Å². The number of benzene rings is 1. The Morgan fingerprint density at radius 3 is 2.76 bits per heavy atom. The van der Waals surface area contributed by atoms with Gasteiger partial charge in [-0.15, -0.1) is 0 Å². The molecule has 132 valence electrons. The van der Waals surface area contributed by atoms with Crippen LogP contribution in [-0.2, 0) is 13.1 Å². The molecule has 1 aromatic heterocycles.